The molecule has 0 fully saturated rings. The average Bonchev–Trinajstić information content (AvgIpc) is 1.80. The van der Waals surface area contributed by atoms with E-state index in [9.17, 15) is 0 Å². The second-order valence-corrected chi connectivity index (χ2v) is 22.5. The monoisotopic (exact) mass is 338 g/mol. The molecular formula is C8H19NPb. The predicted molar refractivity (Wildman–Crippen MR) is 51.0 cm³/mol. The summed E-state index contributed by atoms with van der Waals surface area (Å²) >= 11 is -2.12. The van der Waals surface area contributed by atoms with Crippen molar-refractivity contribution in [2.75, 3.05) is 20.6 Å². The van der Waals surface area contributed by atoms with Gasteiger partial charge in [-0.3, -0.25) is 0 Å². The molecule has 0 bridgehead atoms. The summed E-state index contributed by atoms with van der Waals surface area (Å²) in [7, 11) is 4.06. The van der Waals surface area contributed by atoms with E-state index in [1.807, 2.05) is 14.1 Å². The first-order valence-corrected chi connectivity index (χ1v) is 17.3. The van der Waals surface area contributed by atoms with Gasteiger partial charge in [0.15, 0.2) is 0 Å². The fraction of sp³-hybridized carbons (Fsp3) is 0.750. The van der Waals surface area contributed by atoms with Crippen molar-refractivity contribution in [1.29, 1.82) is 0 Å². The second kappa shape index (κ2) is 4.49. The van der Waals surface area contributed by atoms with Gasteiger partial charge in [0.1, 0.15) is 0 Å². The van der Waals surface area contributed by atoms with Crippen molar-refractivity contribution in [3.63, 3.8) is 0 Å². The van der Waals surface area contributed by atoms with Crippen molar-refractivity contribution >= 4 is 21.2 Å². The fourth-order valence-electron chi connectivity index (χ4n) is 0.534. The van der Waals surface area contributed by atoms with Gasteiger partial charge in [-0.15, -0.1) is 0 Å². The van der Waals surface area contributed by atoms with Crippen molar-refractivity contribution in [3.8, 4) is 0 Å². The van der Waals surface area contributed by atoms with Crippen molar-refractivity contribution in [1.82, 2.24) is 4.90 Å². The molecule has 0 aliphatic carbocycles. The van der Waals surface area contributed by atoms with Gasteiger partial charge in [0.05, 0.1) is 0 Å². The van der Waals surface area contributed by atoms with Crippen LogP contribution in [0, 0.1) is 0 Å². The molecule has 1 nitrogen and oxygen atoms in total. The third-order valence-electron chi connectivity index (χ3n) is 0.992. The van der Waals surface area contributed by atoms with Crippen molar-refractivity contribution in [3.05, 3.63) is 9.69 Å². The number of hydrogen-bond acceptors (Lipinski definition) is 1. The van der Waals surface area contributed by atoms with E-state index in [-0.39, 0.29) is 0 Å². The van der Waals surface area contributed by atoms with Crippen LogP contribution in [0.15, 0.2) is 9.69 Å². The molecule has 0 aromatic carbocycles. The van der Waals surface area contributed by atoms with Gasteiger partial charge in [0, 0.05) is 0 Å². The van der Waals surface area contributed by atoms with Gasteiger partial charge in [0.2, 0.25) is 0 Å². The zero-order chi connectivity index (χ0) is 9.07. The molecule has 0 saturated carbocycles. The maximum absolute atomic E-state index is 7.75. The summed E-state index contributed by atoms with van der Waals surface area (Å²) in [6.45, 7) is 0.913. The van der Waals surface area contributed by atoms with E-state index in [2.05, 4.69) is 24.4 Å². The summed E-state index contributed by atoms with van der Waals surface area (Å²) in [6.07, 6.45) is 2.06. The van der Waals surface area contributed by atoms with Crippen LogP contribution in [0.4, 0.5) is 0 Å². The Bertz CT molecular complexity index is 147. The Labute approximate surface area is 71.2 Å². The molecule has 0 unspecified atom stereocenters. The molecular weight excluding hydrogens is 317 g/mol. The molecule has 0 aliphatic heterocycles. The first kappa shape index (κ1) is 8.72. The molecule has 0 radical (unpaired) electrons. The third-order valence-corrected chi connectivity index (χ3v) is 5.15. The number of nitrogens with zero attached hydrogens (tertiary/aromatic N) is 1. The Morgan fingerprint density at radius 1 is 1.40 bits per heavy atom. The number of likely N-dealkylation sites (N-methyl/N-ethyl adjacent to an activating group) is 1. The topological polar surface area (TPSA) is 3.24 Å². The summed E-state index contributed by atoms with van der Waals surface area (Å²) in [4.78, 5) is 2.09. The van der Waals surface area contributed by atoms with Crippen LogP contribution < -0.4 is 0 Å². The van der Waals surface area contributed by atoms with E-state index in [1.165, 1.54) is 0 Å². The van der Waals surface area contributed by atoms with E-state index in [0.29, 0.717) is 0 Å². The van der Waals surface area contributed by atoms with Crippen LogP contribution in [-0.2, 0) is 0 Å². The normalized spacial score (nSPS) is 15.8. The SMILES string of the molecule is [2H]/[C](=C\CN(C)C)[Pb]([CH3])([CH3])[CH3]. The van der Waals surface area contributed by atoms with Gasteiger partial charge < -0.3 is 0 Å². The van der Waals surface area contributed by atoms with Crippen LogP contribution >= 0.6 is 0 Å². The average molecular weight is 337 g/mol. The molecule has 0 saturated heterocycles. The first-order chi connectivity index (χ1) is 4.84. The van der Waals surface area contributed by atoms with E-state index < -0.39 is 21.2 Å². The standard InChI is InChI=1S/C5H10N.3CH3.Pb/c1-4-5-6(2)3;;;;/h1,4H,5H2,2-3H3;3*1H3;/i1D;;;;. The molecule has 0 aromatic rings. The van der Waals surface area contributed by atoms with Crippen LogP contribution in [0.1, 0.15) is 1.37 Å². The number of rotatable bonds is 3. The zero-order valence-corrected chi connectivity index (χ0v) is 11.6. The number of hydrogen-bond donors (Lipinski definition) is 0. The molecule has 0 aliphatic rings. The minimum absolute atomic E-state index is 0.913. The van der Waals surface area contributed by atoms with Crippen LogP contribution in [-0.4, -0.2) is 46.7 Å². The predicted octanol–water partition coefficient (Wildman–Crippen LogP) is 1.98. The Morgan fingerprint density at radius 2 is 1.90 bits per heavy atom. The summed E-state index contributed by atoms with van der Waals surface area (Å²) in [5.41, 5.74) is 0. The molecule has 0 aromatic heterocycles. The molecule has 0 heterocycles. The van der Waals surface area contributed by atoms with Crippen LogP contribution in [0.2, 0.25) is 13.4 Å². The second-order valence-electron chi connectivity index (χ2n) is 3.86. The Balaban J connectivity index is 4.02. The van der Waals surface area contributed by atoms with Gasteiger partial charge in [-0.1, -0.05) is 0 Å². The summed E-state index contributed by atoms with van der Waals surface area (Å²) in [5, 5.41) is 0. The summed E-state index contributed by atoms with van der Waals surface area (Å²) in [6, 6.07) is 0. The minimum atomic E-state index is -2.12. The molecule has 0 atom stereocenters. The Hall–Kier alpha value is 0.622. The third kappa shape index (κ3) is 8.62. The van der Waals surface area contributed by atoms with E-state index in [0.717, 1.165) is 10.2 Å². The van der Waals surface area contributed by atoms with E-state index >= 15 is 0 Å². The molecule has 10 heavy (non-hydrogen) atoms. The summed E-state index contributed by atoms with van der Waals surface area (Å²) < 4.78 is 15.5. The van der Waals surface area contributed by atoms with Crippen LogP contribution in [0.3, 0.4) is 0 Å². The molecule has 0 N–H and O–H groups in total. The van der Waals surface area contributed by atoms with Gasteiger partial charge in [0.25, 0.3) is 0 Å². The van der Waals surface area contributed by atoms with Gasteiger partial charge >= 0.3 is 71.2 Å². The van der Waals surface area contributed by atoms with Gasteiger partial charge in [-0.2, -0.15) is 0 Å². The van der Waals surface area contributed by atoms with Crippen LogP contribution in [0.25, 0.3) is 0 Å². The molecule has 2 heteroatoms. The van der Waals surface area contributed by atoms with Gasteiger partial charge in [-0.25, -0.2) is 0 Å². The van der Waals surface area contributed by atoms with Gasteiger partial charge in [-0.05, 0) is 0 Å². The molecule has 60 valence electrons. The van der Waals surface area contributed by atoms with Crippen molar-refractivity contribution in [2.45, 2.75) is 13.4 Å². The summed E-state index contributed by atoms with van der Waals surface area (Å²) in [5.74, 6) is 0. The van der Waals surface area contributed by atoms with Crippen molar-refractivity contribution < 1.29 is 1.37 Å². The van der Waals surface area contributed by atoms with E-state index in [4.69, 9.17) is 1.37 Å². The fourth-order valence-corrected chi connectivity index (χ4v) is 3.27. The first-order valence-electron chi connectivity index (χ1n) is 4.16. The Morgan fingerprint density at radius 3 is 2.20 bits per heavy atom. The molecule has 0 amide bonds. The maximum atomic E-state index is 7.75. The zero-order valence-electron chi connectivity index (χ0n) is 8.73. The molecule has 0 rings (SSSR count). The van der Waals surface area contributed by atoms with E-state index in [1.54, 1.807) is 0 Å². The van der Waals surface area contributed by atoms with Crippen molar-refractivity contribution in [2.24, 2.45) is 0 Å². The Kier molecular flexibility index (Phi) is 3.91. The quantitative estimate of drug-likeness (QED) is 0.712. The van der Waals surface area contributed by atoms with Crippen LogP contribution in [0.5, 0.6) is 0 Å². The molecule has 0 spiro atoms.